The number of amides is 2. The smallest absolute Gasteiger partial charge is 0.269 e. The highest BCUT2D eigenvalue weighted by atomic mass is 32.2. The minimum Gasteiger partial charge on any atom is -0.348 e. The van der Waals surface area contributed by atoms with Gasteiger partial charge in [0, 0.05) is 0 Å². The lowest BCUT2D eigenvalue weighted by Crippen LogP contribution is -2.41. The molecular formula is C18H18N2O4S. The molecular weight excluding hydrogens is 340 g/mol. The summed E-state index contributed by atoms with van der Waals surface area (Å²) in [6, 6.07) is 13.3. The van der Waals surface area contributed by atoms with Gasteiger partial charge in [-0.15, -0.1) is 0 Å². The van der Waals surface area contributed by atoms with Crippen molar-refractivity contribution in [1.29, 1.82) is 0 Å². The quantitative estimate of drug-likeness (QED) is 0.906. The van der Waals surface area contributed by atoms with Gasteiger partial charge in [-0.25, -0.2) is 12.7 Å². The van der Waals surface area contributed by atoms with E-state index in [9.17, 15) is 18.0 Å². The molecule has 0 aliphatic carbocycles. The molecule has 1 aliphatic rings. The number of fused-ring (bicyclic) bond motifs is 1. The van der Waals surface area contributed by atoms with Crippen molar-refractivity contribution in [1.82, 2.24) is 9.62 Å². The van der Waals surface area contributed by atoms with Crippen molar-refractivity contribution < 1.29 is 18.0 Å². The molecule has 6 nitrogen and oxygen atoms in total. The summed E-state index contributed by atoms with van der Waals surface area (Å²) in [7, 11) is -3.97. The van der Waals surface area contributed by atoms with Crippen molar-refractivity contribution in [3.8, 4) is 0 Å². The molecule has 1 aliphatic heterocycles. The fourth-order valence-corrected chi connectivity index (χ4v) is 4.27. The van der Waals surface area contributed by atoms with Crippen LogP contribution in [0.3, 0.4) is 0 Å². The Labute approximate surface area is 146 Å². The van der Waals surface area contributed by atoms with Gasteiger partial charge in [0.05, 0.1) is 11.6 Å². The predicted molar refractivity (Wildman–Crippen MR) is 92.4 cm³/mol. The predicted octanol–water partition coefficient (Wildman–Crippen LogP) is 2.02. The Morgan fingerprint density at radius 2 is 1.76 bits per heavy atom. The monoisotopic (exact) mass is 358 g/mol. The van der Waals surface area contributed by atoms with Crippen molar-refractivity contribution in [3.05, 3.63) is 65.2 Å². The molecule has 2 aromatic rings. The van der Waals surface area contributed by atoms with Crippen LogP contribution in [0.1, 0.15) is 34.5 Å². The summed E-state index contributed by atoms with van der Waals surface area (Å²) in [5.74, 6) is -1.20. The number of sulfonamides is 1. The zero-order valence-corrected chi connectivity index (χ0v) is 14.7. The van der Waals surface area contributed by atoms with Gasteiger partial charge in [0.25, 0.3) is 15.9 Å². The second-order valence-corrected chi connectivity index (χ2v) is 7.84. The van der Waals surface area contributed by atoms with Gasteiger partial charge in [0.2, 0.25) is 5.91 Å². The molecule has 0 saturated heterocycles. The lowest BCUT2D eigenvalue weighted by Gasteiger charge is -2.18. The number of benzene rings is 2. The molecule has 3 rings (SSSR count). The fourth-order valence-electron chi connectivity index (χ4n) is 2.74. The van der Waals surface area contributed by atoms with Gasteiger partial charge in [-0.05, 0) is 31.5 Å². The number of rotatable bonds is 4. The molecule has 0 bridgehead atoms. The van der Waals surface area contributed by atoms with Crippen LogP contribution in [0.25, 0.3) is 0 Å². The first-order valence-electron chi connectivity index (χ1n) is 7.83. The third-order valence-corrected chi connectivity index (χ3v) is 5.94. The summed E-state index contributed by atoms with van der Waals surface area (Å²) in [6.45, 7) is 3.23. The number of nitrogens with zero attached hydrogens (tertiary/aromatic N) is 1. The van der Waals surface area contributed by atoms with Crippen molar-refractivity contribution in [2.24, 2.45) is 0 Å². The van der Waals surface area contributed by atoms with Crippen LogP contribution in [0.5, 0.6) is 0 Å². The van der Waals surface area contributed by atoms with E-state index in [0.717, 1.165) is 11.1 Å². The molecule has 7 heteroatoms. The first kappa shape index (κ1) is 17.2. The zero-order valence-electron chi connectivity index (χ0n) is 13.9. The summed E-state index contributed by atoms with van der Waals surface area (Å²) in [5, 5.41) is 2.73. The van der Waals surface area contributed by atoms with E-state index in [2.05, 4.69) is 5.32 Å². The molecule has 130 valence electrons. The average molecular weight is 358 g/mol. The average Bonchev–Trinajstić information content (AvgIpc) is 2.77. The third kappa shape index (κ3) is 3.15. The van der Waals surface area contributed by atoms with Crippen molar-refractivity contribution >= 4 is 21.8 Å². The van der Waals surface area contributed by atoms with Gasteiger partial charge in [-0.1, -0.05) is 42.0 Å². The highest BCUT2D eigenvalue weighted by molar-refractivity contribution is 7.90. The lowest BCUT2D eigenvalue weighted by atomic mass is 10.1. The molecule has 0 fully saturated rings. The van der Waals surface area contributed by atoms with E-state index < -0.39 is 28.4 Å². The van der Waals surface area contributed by atoms with Crippen LogP contribution in [-0.2, 0) is 14.8 Å². The Kier molecular flexibility index (Phi) is 4.34. The maximum atomic E-state index is 12.4. The molecule has 1 N–H and O–H groups in total. The summed E-state index contributed by atoms with van der Waals surface area (Å²) in [6.07, 6.45) is 0. The van der Waals surface area contributed by atoms with Crippen LogP contribution < -0.4 is 5.32 Å². The van der Waals surface area contributed by atoms with Crippen molar-refractivity contribution in [3.63, 3.8) is 0 Å². The van der Waals surface area contributed by atoms with E-state index in [1.807, 2.05) is 31.2 Å². The number of nitrogens with one attached hydrogen (secondary N) is 1. The van der Waals surface area contributed by atoms with Gasteiger partial charge in [0.1, 0.15) is 11.4 Å². The second-order valence-electron chi connectivity index (χ2n) is 6.01. The van der Waals surface area contributed by atoms with Gasteiger partial charge in [0.15, 0.2) is 0 Å². The number of carbonyl (C=O) groups excluding carboxylic acids is 2. The van der Waals surface area contributed by atoms with E-state index in [0.29, 0.717) is 4.31 Å². The fraction of sp³-hybridized carbons (Fsp3) is 0.222. The molecule has 0 aromatic heterocycles. The summed E-state index contributed by atoms with van der Waals surface area (Å²) in [4.78, 5) is 24.5. The number of hydrogen-bond acceptors (Lipinski definition) is 4. The maximum Gasteiger partial charge on any atom is 0.269 e. The molecule has 2 aromatic carbocycles. The van der Waals surface area contributed by atoms with E-state index in [1.165, 1.54) is 12.1 Å². The Bertz CT molecular complexity index is 936. The number of aryl methyl sites for hydroxylation is 1. The third-order valence-electron chi connectivity index (χ3n) is 4.15. The van der Waals surface area contributed by atoms with Gasteiger partial charge in [-0.3, -0.25) is 9.59 Å². The Morgan fingerprint density at radius 3 is 2.40 bits per heavy atom. The second kappa shape index (κ2) is 6.33. The minimum atomic E-state index is -3.97. The highest BCUT2D eigenvalue weighted by Crippen LogP contribution is 2.29. The first-order chi connectivity index (χ1) is 11.8. The largest absolute Gasteiger partial charge is 0.348 e. The molecule has 0 unspecified atom stereocenters. The molecule has 0 saturated carbocycles. The van der Waals surface area contributed by atoms with Crippen molar-refractivity contribution in [2.75, 3.05) is 6.54 Å². The highest BCUT2D eigenvalue weighted by Gasteiger charge is 2.41. The van der Waals surface area contributed by atoms with Crippen LogP contribution in [-0.4, -0.2) is 31.1 Å². The molecule has 0 spiro atoms. The standard InChI is InChI=1S/C18H18N2O4S/c1-12-7-9-14(10-8-12)13(2)19-17(21)11-20-18(22)15-5-3-4-6-16(15)25(20,23)24/h3-10,13H,11H2,1-2H3,(H,19,21)/t13-/m0/s1. The zero-order chi connectivity index (χ0) is 18.2. The Hall–Kier alpha value is -2.67. The molecule has 1 heterocycles. The van der Waals surface area contributed by atoms with Gasteiger partial charge >= 0.3 is 0 Å². The van der Waals surface area contributed by atoms with Crippen LogP contribution in [0.15, 0.2) is 53.4 Å². The van der Waals surface area contributed by atoms with Crippen LogP contribution in [0.2, 0.25) is 0 Å². The van der Waals surface area contributed by atoms with Crippen LogP contribution >= 0.6 is 0 Å². The van der Waals surface area contributed by atoms with E-state index >= 15 is 0 Å². The summed E-state index contributed by atoms with van der Waals surface area (Å²) in [5.41, 5.74) is 2.11. The summed E-state index contributed by atoms with van der Waals surface area (Å²) >= 11 is 0. The lowest BCUT2D eigenvalue weighted by molar-refractivity contribution is -0.121. The Balaban J connectivity index is 1.73. The normalized spacial score (nSPS) is 16.4. The van der Waals surface area contributed by atoms with E-state index in [1.54, 1.807) is 19.1 Å². The van der Waals surface area contributed by atoms with Crippen LogP contribution in [0.4, 0.5) is 0 Å². The summed E-state index contributed by atoms with van der Waals surface area (Å²) < 4.78 is 25.5. The number of hydrogen-bond donors (Lipinski definition) is 1. The SMILES string of the molecule is Cc1ccc([C@H](C)NC(=O)CN2C(=O)c3ccccc3S2(=O)=O)cc1. The number of carbonyl (C=O) groups is 2. The maximum absolute atomic E-state index is 12.4. The molecule has 1 atom stereocenters. The van der Waals surface area contributed by atoms with Gasteiger partial charge < -0.3 is 5.32 Å². The van der Waals surface area contributed by atoms with Gasteiger partial charge in [-0.2, -0.15) is 0 Å². The van der Waals surface area contributed by atoms with E-state index in [-0.39, 0.29) is 16.5 Å². The topological polar surface area (TPSA) is 83.6 Å². The molecule has 25 heavy (non-hydrogen) atoms. The Morgan fingerprint density at radius 1 is 1.12 bits per heavy atom. The molecule has 2 amide bonds. The van der Waals surface area contributed by atoms with Crippen LogP contribution in [0, 0.1) is 6.92 Å². The first-order valence-corrected chi connectivity index (χ1v) is 9.27. The molecule has 0 radical (unpaired) electrons. The minimum absolute atomic E-state index is 0.0561. The van der Waals surface area contributed by atoms with Crippen molar-refractivity contribution in [2.45, 2.75) is 24.8 Å². The van der Waals surface area contributed by atoms with E-state index in [4.69, 9.17) is 0 Å².